The van der Waals surface area contributed by atoms with Crippen molar-refractivity contribution in [2.75, 3.05) is 7.05 Å². The molecule has 0 unspecified atom stereocenters. The summed E-state index contributed by atoms with van der Waals surface area (Å²) in [6.45, 7) is 0.637. The van der Waals surface area contributed by atoms with Crippen molar-refractivity contribution in [1.29, 1.82) is 0 Å². The molecule has 0 radical (unpaired) electrons. The number of nitro benzene ring substituents is 1. The zero-order chi connectivity index (χ0) is 14.5. The number of aromatic nitrogens is 2. The molecule has 1 N–H and O–H groups in total. The Hall–Kier alpha value is -2.25. The number of hydrogen-bond acceptors (Lipinski definition) is 6. The van der Waals surface area contributed by atoms with Crippen LogP contribution in [0.1, 0.15) is 5.56 Å². The third kappa shape index (κ3) is 3.40. The topological polar surface area (TPSA) is 90.2 Å². The second-order valence-corrected chi connectivity index (χ2v) is 4.29. The molecule has 0 aliphatic heterocycles. The van der Waals surface area contributed by atoms with Crippen LogP contribution >= 0.6 is 11.6 Å². The monoisotopic (exact) mass is 294 g/mol. The van der Waals surface area contributed by atoms with Gasteiger partial charge in [-0.1, -0.05) is 11.6 Å². The summed E-state index contributed by atoms with van der Waals surface area (Å²) < 4.78 is 5.35. The van der Waals surface area contributed by atoms with Gasteiger partial charge in [0, 0.05) is 30.6 Å². The fourth-order valence-electron chi connectivity index (χ4n) is 1.47. The zero-order valence-electron chi connectivity index (χ0n) is 10.5. The molecule has 0 spiro atoms. The number of non-ortho nitro benzene ring substituents is 1. The van der Waals surface area contributed by atoms with Gasteiger partial charge in [-0.25, -0.2) is 9.97 Å². The highest BCUT2D eigenvalue weighted by Gasteiger charge is 2.12. The number of benzene rings is 1. The molecule has 1 aromatic carbocycles. The lowest BCUT2D eigenvalue weighted by atomic mass is 10.3. The Morgan fingerprint density at radius 1 is 1.40 bits per heavy atom. The van der Waals surface area contributed by atoms with Crippen molar-refractivity contribution in [3.63, 3.8) is 0 Å². The van der Waals surface area contributed by atoms with Crippen molar-refractivity contribution in [2.24, 2.45) is 0 Å². The predicted molar refractivity (Wildman–Crippen MR) is 73.0 cm³/mol. The first kappa shape index (κ1) is 14.2. The Labute approximate surface area is 119 Å². The second kappa shape index (κ2) is 6.27. The summed E-state index contributed by atoms with van der Waals surface area (Å²) in [6.07, 6.45) is 3.20. The maximum absolute atomic E-state index is 10.7. The Bertz CT molecular complexity index is 619. The maximum atomic E-state index is 10.7. The van der Waals surface area contributed by atoms with E-state index in [1.54, 1.807) is 12.4 Å². The van der Waals surface area contributed by atoms with E-state index in [1.165, 1.54) is 18.2 Å². The first-order valence-corrected chi connectivity index (χ1v) is 6.05. The van der Waals surface area contributed by atoms with Crippen molar-refractivity contribution < 1.29 is 9.66 Å². The van der Waals surface area contributed by atoms with Gasteiger partial charge in [-0.05, 0) is 13.1 Å². The number of nitro groups is 1. The predicted octanol–water partition coefficient (Wildman–Crippen LogP) is 2.55. The molecule has 0 atom stereocenters. The highest BCUT2D eigenvalue weighted by molar-refractivity contribution is 6.32. The van der Waals surface area contributed by atoms with Gasteiger partial charge in [0.25, 0.3) is 5.69 Å². The van der Waals surface area contributed by atoms with E-state index < -0.39 is 4.92 Å². The smallest absolute Gasteiger partial charge is 0.321 e. The summed E-state index contributed by atoms with van der Waals surface area (Å²) in [4.78, 5) is 18.2. The van der Waals surface area contributed by atoms with Gasteiger partial charge < -0.3 is 10.1 Å². The Kier molecular flexibility index (Phi) is 4.44. The minimum absolute atomic E-state index is 0.0762. The molecular weight excluding hydrogens is 284 g/mol. The van der Waals surface area contributed by atoms with Crippen LogP contribution in [0.2, 0.25) is 5.02 Å². The van der Waals surface area contributed by atoms with Gasteiger partial charge in [0.15, 0.2) is 5.75 Å². The van der Waals surface area contributed by atoms with Crippen LogP contribution in [-0.4, -0.2) is 21.9 Å². The summed E-state index contributed by atoms with van der Waals surface area (Å²) in [5.74, 6) is 0.141. The molecule has 8 heteroatoms. The molecule has 1 aromatic heterocycles. The normalized spacial score (nSPS) is 10.3. The van der Waals surface area contributed by atoms with Gasteiger partial charge in [0.05, 0.1) is 16.0 Å². The fourth-order valence-corrected chi connectivity index (χ4v) is 1.63. The lowest BCUT2D eigenvalue weighted by Crippen LogP contribution is -2.06. The van der Waals surface area contributed by atoms with Gasteiger partial charge in [-0.3, -0.25) is 10.1 Å². The van der Waals surface area contributed by atoms with E-state index in [-0.39, 0.29) is 22.5 Å². The number of halogens is 1. The highest BCUT2D eigenvalue weighted by Crippen LogP contribution is 2.31. The summed E-state index contributed by atoms with van der Waals surface area (Å²) in [6, 6.07) is 4.00. The van der Waals surface area contributed by atoms with Crippen molar-refractivity contribution in [2.45, 2.75) is 6.54 Å². The SMILES string of the molecule is CNCc1cnc(Oc2cc([N+](=O)[O-])ccc2Cl)nc1. The van der Waals surface area contributed by atoms with Crippen LogP contribution < -0.4 is 10.1 Å². The minimum Gasteiger partial charge on any atom is -0.422 e. The molecule has 7 nitrogen and oxygen atoms in total. The number of hydrogen-bond donors (Lipinski definition) is 1. The van der Waals surface area contributed by atoms with E-state index in [9.17, 15) is 10.1 Å². The molecule has 104 valence electrons. The zero-order valence-corrected chi connectivity index (χ0v) is 11.3. The first-order valence-electron chi connectivity index (χ1n) is 5.67. The lowest BCUT2D eigenvalue weighted by molar-refractivity contribution is -0.384. The van der Waals surface area contributed by atoms with E-state index in [0.29, 0.717) is 6.54 Å². The number of nitrogens with zero attached hydrogens (tertiary/aromatic N) is 3. The molecule has 20 heavy (non-hydrogen) atoms. The van der Waals surface area contributed by atoms with Crippen LogP contribution in [0.5, 0.6) is 11.8 Å². The summed E-state index contributed by atoms with van der Waals surface area (Å²) >= 11 is 5.92. The van der Waals surface area contributed by atoms with Crippen LogP contribution in [0.15, 0.2) is 30.6 Å². The molecule has 0 saturated heterocycles. The van der Waals surface area contributed by atoms with Crippen LogP contribution in [0.3, 0.4) is 0 Å². The van der Waals surface area contributed by atoms with E-state index >= 15 is 0 Å². The second-order valence-electron chi connectivity index (χ2n) is 3.88. The molecule has 0 bridgehead atoms. The van der Waals surface area contributed by atoms with Crippen molar-refractivity contribution in [3.05, 3.63) is 51.3 Å². The van der Waals surface area contributed by atoms with Gasteiger partial charge >= 0.3 is 6.01 Å². The standard InChI is InChI=1S/C12H11ClN4O3/c1-14-5-8-6-15-12(16-7-8)20-11-4-9(17(18)19)2-3-10(11)13/h2-4,6-7,14H,5H2,1H3. The third-order valence-corrected chi connectivity index (χ3v) is 2.70. The molecule has 2 aromatic rings. The Balaban J connectivity index is 2.20. The third-order valence-electron chi connectivity index (χ3n) is 2.39. The number of ether oxygens (including phenoxy) is 1. The van der Waals surface area contributed by atoms with Gasteiger partial charge in [0.2, 0.25) is 0 Å². The van der Waals surface area contributed by atoms with Crippen LogP contribution in [-0.2, 0) is 6.54 Å². The van der Waals surface area contributed by atoms with Crippen molar-refractivity contribution in [3.8, 4) is 11.8 Å². The molecule has 0 aliphatic rings. The molecule has 0 saturated carbocycles. The molecule has 1 heterocycles. The van der Waals surface area contributed by atoms with Crippen LogP contribution in [0, 0.1) is 10.1 Å². The van der Waals surface area contributed by atoms with E-state index in [0.717, 1.165) is 5.56 Å². The van der Waals surface area contributed by atoms with E-state index in [4.69, 9.17) is 16.3 Å². The van der Waals surface area contributed by atoms with E-state index in [1.807, 2.05) is 7.05 Å². The van der Waals surface area contributed by atoms with Crippen molar-refractivity contribution >= 4 is 17.3 Å². The molecule has 0 aliphatic carbocycles. The summed E-state index contributed by atoms with van der Waals surface area (Å²) in [5, 5.41) is 13.9. The Morgan fingerprint density at radius 2 is 2.10 bits per heavy atom. The highest BCUT2D eigenvalue weighted by atomic mass is 35.5. The lowest BCUT2D eigenvalue weighted by Gasteiger charge is -2.06. The largest absolute Gasteiger partial charge is 0.422 e. The fraction of sp³-hybridized carbons (Fsp3) is 0.167. The van der Waals surface area contributed by atoms with Gasteiger partial charge in [-0.15, -0.1) is 0 Å². The Morgan fingerprint density at radius 3 is 2.70 bits per heavy atom. The summed E-state index contributed by atoms with van der Waals surface area (Å²) in [7, 11) is 1.81. The van der Waals surface area contributed by atoms with E-state index in [2.05, 4.69) is 15.3 Å². The minimum atomic E-state index is -0.528. The number of nitrogens with one attached hydrogen (secondary N) is 1. The maximum Gasteiger partial charge on any atom is 0.321 e. The quantitative estimate of drug-likeness (QED) is 0.673. The summed E-state index contributed by atoms with van der Waals surface area (Å²) in [5.41, 5.74) is 0.779. The average molecular weight is 295 g/mol. The molecule has 0 amide bonds. The van der Waals surface area contributed by atoms with Crippen LogP contribution in [0.25, 0.3) is 0 Å². The first-order chi connectivity index (χ1) is 9.60. The van der Waals surface area contributed by atoms with Gasteiger partial charge in [0.1, 0.15) is 0 Å². The van der Waals surface area contributed by atoms with Crippen LogP contribution in [0.4, 0.5) is 5.69 Å². The number of rotatable bonds is 5. The molecule has 0 fully saturated rings. The molecular formula is C12H11ClN4O3. The molecule has 2 rings (SSSR count). The van der Waals surface area contributed by atoms with Crippen molar-refractivity contribution in [1.82, 2.24) is 15.3 Å². The average Bonchev–Trinajstić information content (AvgIpc) is 2.43. The van der Waals surface area contributed by atoms with Gasteiger partial charge in [-0.2, -0.15) is 0 Å².